The van der Waals surface area contributed by atoms with Gasteiger partial charge in [0.1, 0.15) is 12.3 Å². The quantitative estimate of drug-likeness (QED) is 0.154. The van der Waals surface area contributed by atoms with E-state index in [2.05, 4.69) is 26.0 Å². The number of guanidine groups is 1. The second-order valence-electron chi connectivity index (χ2n) is 5.34. The van der Waals surface area contributed by atoms with Crippen LogP contribution in [0.25, 0.3) is 0 Å². The fourth-order valence-electron chi connectivity index (χ4n) is 2.12. The Labute approximate surface area is 170 Å². The second kappa shape index (κ2) is 12.1. The van der Waals surface area contributed by atoms with Crippen molar-refractivity contribution in [3.8, 4) is 5.75 Å². The molecule has 0 unspecified atom stereocenters. The van der Waals surface area contributed by atoms with Crippen LogP contribution in [0.15, 0.2) is 47.7 Å². The first-order valence-corrected chi connectivity index (χ1v) is 8.26. The molecule has 2 rings (SSSR count). The van der Waals surface area contributed by atoms with Gasteiger partial charge in [-0.1, -0.05) is 0 Å². The van der Waals surface area contributed by atoms with Gasteiger partial charge in [0, 0.05) is 37.7 Å². The fraction of sp³-hybridized carbons (Fsp3) is 0.353. The van der Waals surface area contributed by atoms with Crippen molar-refractivity contribution in [2.24, 2.45) is 4.99 Å². The van der Waals surface area contributed by atoms with E-state index in [9.17, 15) is 9.90 Å². The van der Waals surface area contributed by atoms with Crippen molar-refractivity contribution in [2.45, 2.75) is 19.9 Å². The lowest BCUT2D eigenvalue weighted by atomic mass is 10.3. The molecular formula is C17H25IN6O2. The molecule has 0 aliphatic heterocycles. The Bertz CT molecular complexity index is 673. The van der Waals surface area contributed by atoms with Crippen LogP contribution in [0, 0.1) is 0 Å². The van der Waals surface area contributed by atoms with Crippen LogP contribution < -0.4 is 16.0 Å². The van der Waals surface area contributed by atoms with Crippen LogP contribution in [0.3, 0.4) is 0 Å². The molecule has 2 aromatic rings. The van der Waals surface area contributed by atoms with Gasteiger partial charge in [0.25, 0.3) is 0 Å². The number of phenols is 1. The number of phenolic OH excluding ortho intramolecular Hbond substituents is 1. The lowest BCUT2D eigenvalue weighted by Gasteiger charge is -2.11. The highest BCUT2D eigenvalue weighted by molar-refractivity contribution is 14.0. The third-order valence-electron chi connectivity index (χ3n) is 3.29. The number of benzene rings is 1. The van der Waals surface area contributed by atoms with Gasteiger partial charge >= 0.3 is 0 Å². The highest BCUT2D eigenvalue weighted by Gasteiger charge is 2.03. The Balaban J connectivity index is 0.00000338. The minimum atomic E-state index is -0.223. The first-order valence-electron chi connectivity index (χ1n) is 8.26. The van der Waals surface area contributed by atoms with Crippen molar-refractivity contribution in [1.82, 2.24) is 20.4 Å². The van der Waals surface area contributed by atoms with Crippen LogP contribution in [0.1, 0.15) is 13.3 Å². The molecule has 9 heteroatoms. The normalized spacial score (nSPS) is 10.7. The summed E-state index contributed by atoms with van der Waals surface area (Å²) in [5, 5.41) is 22.4. The number of hydrogen-bond acceptors (Lipinski definition) is 4. The van der Waals surface area contributed by atoms with E-state index in [4.69, 9.17) is 0 Å². The van der Waals surface area contributed by atoms with Crippen LogP contribution >= 0.6 is 24.0 Å². The monoisotopic (exact) mass is 472 g/mol. The highest BCUT2D eigenvalue weighted by Crippen LogP contribution is 2.13. The smallest absolute Gasteiger partial charge is 0.246 e. The number of aryl methyl sites for hydroxylation is 1. The van der Waals surface area contributed by atoms with Gasteiger partial charge in [0.2, 0.25) is 5.91 Å². The second-order valence-corrected chi connectivity index (χ2v) is 5.34. The predicted molar refractivity (Wildman–Crippen MR) is 113 cm³/mol. The van der Waals surface area contributed by atoms with Gasteiger partial charge in [0.05, 0.1) is 0 Å². The number of carbonyl (C=O) groups is 1. The maximum Gasteiger partial charge on any atom is 0.246 e. The number of rotatable bonds is 8. The number of amides is 1. The van der Waals surface area contributed by atoms with Crippen LogP contribution in [0.5, 0.6) is 5.75 Å². The molecular weight excluding hydrogens is 447 g/mol. The number of nitrogens with one attached hydrogen (secondary N) is 3. The van der Waals surface area contributed by atoms with Gasteiger partial charge in [-0.05, 0) is 43.7 Å². The van der Waals surface area contributed by atoms with Crippen LogP contribution in [0.2, 0.25) is 0 Å². The standard InChI is InChI=1S/C17H24N6O2.HI/c1-2-18-17(19-9-3-11-23-12-4-10-21-23)20-13-16(25)22-14-5-7-15(24)8-6-14;/h4-8,10,12,24H,2-3,9,11,13H2,1H3,(H,22,25)(H2,18,19,20);1H. The van der Waals surface area contributed by atoms with Crippen molar-refractivity contribution >= 4 is 41.5 Å². The molecule has 0 radical (unpaired) electrons. The average molecular weight is 472 g/mol. The summed E-state index contributed by atoms with van der Waals surface area (Å²) in [6.07, 6.45) is 4.57. The Hall–Kier alpha value is -2.30. The van der Waals surface area contributed by atoms with E-state index in [0.29, 0.717) is 18.2 Å². The summed E-state index contributed by atoms with van der Waals surface area (Å²) in [6, 6.07) is 8.20. The Morgan fingerprint density at radius 3 is 2.69 bits per heavy atom. The first-order chi connectivity index (χ1) is 12.2. The third kappa shape index (κ3) is 8.19. The van der Waals surface area contributed by atoms with Crippen molar-refractivity contribution in [1.29, 1.82) is 0 Å². The van der Waals surface area contributed by atoms with E-state index in [1.54, 1.807) is 18.3 Å². The summed E-state index contributed by atoms with van der Waals surface area (Å²) in [4.78, 5) is 16.2. The molecule has 0 aliphatic carbocycles. The minimum Gasteiger partial charge on any atom is -0.508 e. The van der Waals surface area contributed by atoms with Crippen molar-refractivity contribution in [3.63, 3.8) is 0 Å². The number of halogens is 1. The molecule has 0 fully saturated rings. The molecule has 8 nitrogen and oxygen atoms in total. The Morgan fingerprint density at radius 1 is 1.27 bits per heavy atom. The molecule has 4 N–H and O–H groups in total. The number of aliphatic imine (C=N–C) groups is 1. The van der Waals surface area contributed by atoms with Gasteiger partial charge in [-0.25, -0.2) is 4.99 Å². The van der Waals surface area contributed by atoms with E-state index in [0.717, 1.165) is 19.5 Å². The van der Waals surface area contributed by atoms with E-state index in [1.165, 1.54) is 12.1 Å². The number of carbonyl (C=O) groups excluding carboxylic acids is 1. The number of aromatic hydroxyl groups is 1. The summed E-state index contributed by atoms with van der Waals surface area (Å²) in [7, 11) is 0. The van der Waals surface area contributed by atoms with Crippen LogP contribution in [-0.2, 0) is 11.3 Å². The predicted octanol–water partition coefficient (Wildman–Crippen LogP) is 1.79. The SMILES string of the molecule is CCNC(=NCC(=O)Nc1ccc(O)cc1)NCCCn1cccn1.I. The van der Waals surface area contributed by atoms with Crippen molar-refractivity contribution in [3.05, 3.63) is 42.7 Å². The first kappa shape index (κ1) is 21.7. The van der Waals surface area contributed by atoms with Crippen LogP contribution in [-0.4, -0.2) is 46.4 Å². The molecule has 1 aromatic carbocycles. The van der Waals surface area contributed by atoms with E-state index >= 15 is 0 Å². The molecule has 0 atom stereocenters. The molecule has 1 heterocycles. The largest absolute Gasteiger partial charge is 0.508 e. The summed E-state index contributed by atoms with van der Waals surface area (Å²) in [5.41, 5.74) is 0.621. The molecule has 1 aromatic heterocycles. The zero-order valence-corrected chi connectivity index (χ0v) is 17.0. The van der Waals surface area contributed by atoms with Crippen LogP contribution in [0.4, 0.5) is 5.69 Å². The van der Waals surface area contributed by atoms with Gasteiger partial charge < -0.3 is 21.1 Å². The summed E-state index contributed by atoms with van der Waals surface area (Å²) < 4.78 is 1.87. The van der Waals surface area contributed by atoms with Crippen molar-refractivity contribution in [2.75, 3.05) is 25.0 Å². The summed E-state index contributed by atoms with van der Waals surface area (Å²) in [5.74, 6) is 0.535. The number of aromatic nitrogens is 2. The van der Waals surface area contributed by atoms with Gasteiger partial charge in [-0.3, -0.25) is 9.48 Å². The third-order valence-corrected chi connectivity index (χ3v) is 3.29. The van der Waals surface area contributed by atoms with E-state index < -0.39 is 0 Å². The average Bonchev–Trinajstić information content (AvgIpc) is 3.12. The molecule has 0 spiro atoms. The topological polar surface area (TPSA) is 104 Å². The lowest BCUT2D eigenvalue weighted by molar-refractivity contribution is -0.114. The zero-order valence-electron chi connectivity index (χ0n) is 14.7. The summed E-state index contributed by atoms with van der Waals surface area (Å²) >= 11 is 0. The number of anilines is 1. The number of nitrogens with zero attached hydrogens (tertiary/aromatic N) is 3. The van der Waals surface area contributed by atoms with Gasteiger partial charge in [0.15, 0.2) is 5.96 Å². The minimum absolute atomic E-state index is 0. The zero-order chi connectivity index (χ0) is 17.9. The summed E-state index contributed by atoms with van der Waals surface area (Å²) in [6.45, 7) is 4.24. The van der Waals surface area contributed by atoms with Gasteiger partial charge in [-0.2, -0.15) is 5.10 Å². The lowest BCUT2D eigenvalue weighted by Crippen LogP contribution is -2.38. The van der Waals surface area contributed by atoms with E-state index in [-0.39, 0.29) is 42.2 Å². The molecule has 26 heavy (non-hydrogen) atoms. The maximum absolute atomic E-state index is 11.9. The Morgan fingerprint density at radius 2 is 2.04 bits per heavy atom. The van der Waals surface area contributed by atoms with E-state index in [1.807, 2.05) is 23.9 Å². The number of hydrogen-bond donors (Lipinski definition) is 4. The molecule has 142 valence electrons. The maximum atomic E-state index is 11.9. The fourth-order valence-corrected chi connectivity index (χ4v) is 2.12. The molecule has 0 aliphatic rings. The van der Waals surface area contributed by atoms with Gasteiger partial charge in [-0.15, -0.1) is 24.0 Å². The Kier molecular flexibility index (Phi) is 10.1. The molecule has 0 saturated heterocycles. The highest BCUT2D eigenvalue weighted by atomic mass is 127. The molecule has 1 amide bonds. The molecule has 0 saturated carbocycles. The molecule has 0 bridgehead atoms. The van der Waals surface area contributed by atoms with Crippen molar-refractivity contribution < 1.29 is 9.90 Å².